The van der Waals surface area contributed by atoms with Crippen molar-refractivity contribution in [2.24, 2.45) is 0 Å². The predicted molar refractivity (Wildman–Crippen MR) is 92.9 cm³/mol. The Labute approximate surface area is 147 Å². The van der Waals surface area contributed by atoms with E-state index in [1.165, 1.54) is 12.1 Å². The Hall–Kier alpha value is -1.99. The molecule has 7 heteroatoms. The minimum Gasteiger partial charge on any atom is -0.385 e. The van der Waals surface area contributed by atoms with Crippen molar-refractivity contribution < 1.29 is 18.7 Å². The number of ether oxygens (including phenoxy) is 1. The number of nitrogens with zero attached hydrogens (tertiary/aromatic N) is 2. The van der Waals surface area contributed by atoms with Crippen molar-refractivity contribution in [2.75, 3.05) is 53.0 Å². The molecule has 0 atom stereocenters. The highest BCUT2D eigenvalue weighted by atomic mass is 19.1. The van der Waals surface area contributed by atoms with Gasteiger partial charge in [0.2, 0.25) is 5.91 Å². The first kappa shape index (κ1) is 19.3. The van der Waals surface area contributed by atoms with E-state index in [1.807, 2.05) is 4.90 Å². The Bertz CT molecular complexity index is 582. The minimum absolute atomic E-state index is 0.0130. The lowest BCUT2D eigenvalue weighted by Gasteiger charge is -2.22. The predicted octanol–water partition coefficient (Wildman–Crippen LogP) is 1.13. The first-order valence-corrected chi connectivity index (χ1v) is 8.63. The summed E-state index contributed by atoms with van der Waals surface area (Å²) in [4.78, 5) is 28.2. The Morgan fingerprint density at radius 3 is 2.84 bits per heavy atom. The average Bonchev–Trinajstić information content (AvgIpc) is 2.84. The fraction of sp³-hybridized carbons (Fsp3) is 0.556. The molecule has 0 bridgehead atoms. The fourth-order valence-corrected chi connectivity index (χ4v) is 2.84. The number of benzene rings is 1. The van der Waals surface area contributed by atoms with Crippen molar-refractivity contribution in [3.05, 3.63) is 35.6 Å². The Morgan fingerprint density at radius 1 is 1.24 bits per heavy atom. The number of methoxy groups -OCH3 is 1. The molecular weight excluding hydrogens is 325 g/mol. The van der Waals surface area contributed by atoms with E-state index in [-0.39, 0.29) is 11.8 Å². The summed E-state index contributed by atoms with van der Waals surface area (Å²) >= 11 is 0. The van der Waals surface area contributed by atoms with Gasteiger partial charge in [-0.2, -0.15) is 0 Å². The van der Waals surface area contributed by atoms with Crippen molar-refractivity contribution in [2.45, 2.75) is 12.8 Å². The summed E-state index contributed by atoms with van der Waals surface area (Å²) in [5, 5.41) is 2.87. The Morgan fingerprint density at radius 2 is 2.08 bits per heavy atom. The van der Waals surface area contributed by atoms with E-state index in [4.69, 9.17) is 4.74 Å². The van der Waals surface area contributed by atoms with Crippen LogP contribution < -0.4 is 5.32 Å². The molecule has 0 radical (unpaired) electrons. The first-order chi connectivity index (χ1) is 12.1. The zero-order valence-electron chi connectivity index (χ0n) is 14.7. The maximum Gasteiger partial charge on any atom is 0.254 e. The number of halogens is 1. The van der Waals surface area contributed by atoms with Gasteiger partial charge in [0.15, 0.2) is 0 Å². The van der Waals surface area contributed by atoms with Crippen LogP contribution in [-0.2, 0) is 9.53 Å². The number of hydrogen-bond acceptors (Lipinski definition) is 4. The van der Waals surface area contributed by atoms with Crippen LogP contribution in [0.5, 0.6) is 0 Å². The molecule has 138 valence electrons. The molecule has 1 N–H and O–H groups in total. The standard InChI is InChI=1S/C18H26FN3O3/c1-25-12-3-7-20-17(23)14-21-8-4-9-22(11-10-21)18(24)15-5-2-6-16(19)13-15/h2,5-6,13H,3-4,7-12,14H2,1H3,(H,20,23). The lowest BCUT2D eigenvalue weighted by Crippen LogP contribution is -2.40. The normalized spacial score (nSPS) is 15.7. The number of amides is 2. The molecule has 0 aromatic heterocycles. The smallest absolute Gasteiger partial charge is 0.254 e. The highest BCUT2D eigenvalue weighted by Crippen LogP contribution is 2.10. The Balaban J connectivity index is 1.79. The van der Waals surface area contributed by atoms with Gasteiger partial charge in [0.1, 0.15) is 5.82 Å². The topological polar surface area (TPSA) is 61.9 Å². The monoisotopic (exact) mass is 351 g/mol. The van der Waals surface area contributed by atoms with Gasteiger partial charge in [-0.3, -0.25) is 14.5 Å². The lowest BCUT2D eigenvalue weighted by molar-refractivity contribution is -0.122. The highest BCUT2D eigenvalue weighted by molar-refractivity contribution is 5.94. The number of nitrogens with one attached hydrogen (secondary N) is 1. The van der Waals surface area contributed by atoms with Gasteiger partial charge in [-0.05, 0) is 31.0 Å². The van der Waals surface area contributed by atoms with Crippen LogP contribution in [-0.4, -0.2) is 74.6 Å². The third-order valence-electron chi connectivity index (χ3n) is 4.16. The summed E-state index contributed by atoms with van der Waals surface area (Å²) in [5.74, 6) is -0.584. The number of carbonyl (C=O) groups excluding carboxylic acids is 2. The number of carbonyl (C=O) groups is 2. The van der Waals surface area contributed by atoms with Gasteiger partial charge in [0, 0.05) is 52.0 Å². The second-order valence-corrected chi connectivity index (χ2v) is 6.13. The molecule has 2 rings (SSSR count). The van der Waals surface area contributed by atoms with Gasteiger partial charge in [0.25, 0.3) is 5.91 Å². The van der Waals surface area contributed by atoms with Gasteiger partial charge in [-0.15, -0.1) is 0 Å². The van der Waals surface area contributed by atoms with Crippen molar-refractivity contribution in [3.8, 4) is 0 Å². The van der Waals surface area contributed by atoms with Crippen molar-refractivity contribution in [1.29, 1.82) is 0 Å². The summed E-state index contributed by atoms with van der Waals surface area (Å²) < 4.78 is 18.2. The van der Waals surface area contributed by atoms with Crippen LogP contribution in [0.3, 0.4) is 0 Å². The van der Waals surface area contributed by atoms with Gasteiger partial charge in [-0.1, -0.05) is 6.07 Å². The maximum absolute atomic E-state index is 13.3. The third-order valence-corrected chi connectivity index (χ3v) is 4.16. The zero-order valence-corrected chi connectivity index (χ0v) is 14.7. The quantitative estimate of drug-likeness (QED) is 0.748. The van der Waals surface area contributed by atoms with E-state index >= 15 is 0 Å². The molecule has 1 aliphatic rings. The van der Waals surface area contributed by atoms with Crippen molar-refractivity contribution >= 4 is 11.8 Å². The van der Waals surface area contributed by atoms with E-state index in [9.17, 15) is 14.0 Å². The second-order valence-electron chi connectivity index (χ2n) is 6.13. The van der Waals surface area contributed by atoms with Crippen molar-refractivity contribution in [3.63, 3.8) is 0 Å². The van der Waals surface area contributed by atoms with E-state index in [1.54, 1.807) is 24.1 Å². The molecule has 0 unspecified atom stereocenters. The molecule has 1 aliphatic heterocycles. The summed E-state index contributed by atoms with van der Waals surface area (Å²) in [6.07, 6.45) is 1.58. The van der Waals surface area contributed by atoms with Crippen LogP contribution >= 0.6 is 0 Å². The molecule has 1 aromatic rings. The SMILES string of the molecule is COCCCNC(=O)CN1CCCN(C(=O)c2cccc(F)c2)CC1. The molecule has 0 spiro atoms. The highest BCUT2D eigenvalue weighted by Gasteiger charge is 2.21. The van der Waals surface area contributed by atoms with Crippen LogP contribution in [0.2, 0.25) is 0 Å². The molecule has 0 aliphatic carbocycles. The second kappa shape index (κ2) is 10.1. The van der Waals surface area contributed by atoms with E-state index in [0.29, 0.717) is 44.9 Å². The molecule has 1 aromatic carbocycles. The molecule has 0 saturated carbocycles. The summed E-state index contributed by atoms with van der Waals surface area (Å²) in [5.41, 5.74) is 0.365. The van der Waals surface area contributed by atoms with Gasteiger partial charge >= 0.3 is 0 Å². The summed E-state index contributed by atoms with van der Waals surface area (Å²) in [7, 11) is 1.63. The molecular formula is C18H26FN3O3. The number of rotatable bonds is 7. The summed E-state index contributed by atoms with van der Waals surface area (Å²) in [6.45, 7) is 4.10. The maximum atomic E-state index is 13.3. The third kappa shape index (κ3) is 6.43. The lowest BCUT2D eigenvalue weighted by atomic mass is 10.2. The van der Waals surface area contributed by atoms with E-state index in [2.05, 4.69) is 5.32 Å². The molecule has 1 saturated heterocycles. The molecule has 2 amide bonds. The number of hydrogen-bond donors (Lipinski definition) is 1. The van der Waals surface area contributed by atoms with Crippen LogP contribution in [0.15, 0.2) is 24.3 Å². The Kier molecular flexibility index (Phi) is 7.81. The molecule has 1 fully saturated rings. The molecule has 25 heavy (non-hydrogen) atoms. The van der Waals surface area contributed by atoms with Crippen LogP contribution in [0.1, 0.15) is 23.2 Å². The van der Waals surface area contributed by atoms with E-state index < -0.39 is 5.82 Å². The summed E-state index contributed by atoms with van der Waals surface area (Å²) in [6, 6.07) is 5.76. The fourth-order valence-electron chi connectivity index (χ4n) is 2.84. The largest absolute Gasteiger partial charge is 0.385 e. The van der Waals surface area contributed by atoms with Crippen LogP contribution in [0.4, 0.5) is 4.39 Å². The van der Waals surface area contributed by atoms with Crippen LogP contribution in [0.25, 0.3) is 0 Å². The van der Waals surface area contributed by atoms with Crippen LogP contribution in [0, 0.1) is 5.82 Å². The first-order valence-electron chi connectivity index (χ1n) is 8.63. The van der Waals surface area contributed by atoms with Crippen molar-refractivity contribution in [1.82, 2.24) is 15.1 Å². The molecule has 1 heterocycles. The average molecular weight is 351 g/mol. The van der Waals surface area contributed by atoms with Gasteiger partial charge < -0.3 is 15.0 Å². The minimum atomic E-state index is -0.410. The van der Waals surface area contributed by atoms with Gasteiger partial charge in [-0.25, -0.2) is 4.39 Å². The molecule has 6 nitrogen and oxygen atoms in total. The van der Waals surface area contributed by atoms with E-state index in [0.717, 1.165) is 19.4 Å². The zero-order chi connectivity index (χ0) is 18.1. The van der Waals surface area contributed by atoms with Gasteiger partial charge in [0.05, 0.1) is 6.54 Å².